The van der Waals surface area contributed by atoms with Gasteiger partial charge in [0, 0.05) is 37.3 Å². The number of carbonyl (C=O) groups is 2. The molecule has 2 aromatic rings. The van der Waals surface area contributed by atoms with E-state index in [4.69, 9.17) is 0 Å². The highest BCUT2D eigenvalue weighted by molar-refractivity contribution is 6.02. The number of rotatable bonds is 5. The molecule has 5 nitrogen and oxygen atoms in total. The average molecular weight is 408 g/mol. The number of carboxylic acids is 1. The summed E-state index contributed by atoms with van der Waals surface area (Å²) >= 11 is 0. The van der Waals surface area contributed by atoms with Crippen molar-refractivity contribution in [3.8, 4) is 0 Å². The molecule has 0 spiro atoms. The molecule has 2 aliphatic heterocycles. The molecule has 156 valence electrons. The molecule has 1 amide bonds. The summed E-state index contributed by atoms with van der Waals surface area (Å²) in [4.78, 5) is 30.9. The number of fused-ring (bicyclic) bond motifs is 1. The number of nitrogens with zero attached hydrogens (tertiary/aromatic N) is 2. The number of hydrogen-bond acceptors (Lipinski definition) is 3. The van der Waals surface area contributed by atoms with Crippen LogP contribution in [0.3, 0.4) is 0 Å². The van der Waals surface area contributed by atoms with E-state index in [9.17, 15) is 19.1 Å². The standard InChI is InChI=1S/C24H25FN2O3/c25-20-6-7-21-18(12-20)8-10-26-22(21)13-19-15-27(11-9-17(19)14-23(28)29)24(30)16-4-2-1-3-5-16/h1-7,12,17,19H,8-11,13-15H2,(H,28,29). The van der Waals surface area contributed by atoms with E-state index in [1.807, 2.05) is 23.1 Å². The molecular formula is C24H25FN2O3. The number of carbonyl (C=O) groups excluding carboxylic acids is 1. The van der Waals surface area contributed by atoms with Gasteiger partial charge in [-0.3, -0.25) is 14.6 Å². The van der Waals surface area contributed by atoms with Crippen LogP contribution in [0.15, 0.2) is 53.5 Å². The average Bonchev–Trinajstić information content (AvgIpc) is 2.74. The molecule has 2 atom stereocenters. The summed E-state index contributed by atoms with van der Waals surface area (Å²) in [7, 11) is 0. The SMILES string of the molecule is O=C(O)CC1CCN(C(=O)c2ccccc2)CC1CC1=NCCc2cc(F)ccc21. The molecule has 0 radical (unpaired) electrons. The van der Waals surface area contributed by atoms with E-state index in [0.29, 0.717) is 44.5 Å². The van der Waals surface area contributed by atoms with Crippen LogP contribution in [-0.2, 0) is 11.2 Å². The predicted octanol–water partition coefficient (Wildman–Crippen LogP) is 3.81. The number of piperidine rings is 1. The molecule has 1 N–H and O–H groups in total. The van der Waals surface area contributed by atoms with Crippen molar-refractivity contribution in [1.29, 1.82) is 0 Å². The Morgan fingerprint density at radius 2 is 1.93 bits per heavy atom. The largest absolute Gasteiger partial charge is 0.481 e. The molecular weight excluding hydrogens is 383 g/mol. The Bertz CT molecular complexity index is 974. The van der Waals surface area contributed by atoms with Gasteiger partial charge in [0.2, 0.25) is 0 Å². The smallest absolute Gasteiger partial charge is 0.303 e. The fourth-order valence-corrected chi connectivity index (χ4v) is 4.62. The number of aliphatic imine (C=N–C) groups is 1. The fourth-order valence-electron chi connectivity index (χ4n) is 4.62. The second-order valence-electron chi connectivity index (χ2n) is 8.11. The van der Waals surface area contributed by atoms with Gasteiger partial charge in [0.05, 0.1) is 0 Å². The molecule has 2 aliphatic rings. The van der Waals surface area contributed by atoms with E-state index in [1.165, 1.54) is 6.07 Å². The Morgan fingerprint density at radius 3 is 2.70 bits per heavy atom. The van der Waals surface area contributed by atoms with Crippen molar-refractivity contribution in [2.75, 3.05) is 19.6 Å². The topological polar surface area (TPSA) is 70.0 Å². The summed E-state index contributed by atoms with van der Waals surface area (Å²) in [6, 6.07) is 13.9. The van der Waals surface area contributed by atoms with Crippen LogP contribution in [0.25, 0.3) is 0 Å². The first-order chi connectivity index (χ1) is 14.5. The van der Waals surface area contributed by atoms with Gasteiger partial charge < -0.3 is 10.0 Å². The third kappa shape index (κ3) is 4.42. The number of amides is 1. The van der Waals surface area contributed by atoms with Gasteiger partial charge in [0.1, 0.15) is 5.82 Å². The minimum atomic E-state index is -0.819. The van der Waals surface area contributed by atoms with E-state index in [1.54, 1.807) is 24.3 Å². The Balaban J connectivity index is 1.55. The van der Waals surface area contributed by atoms with Crippen LogP contribution in [0, 0.1) is 17.7 Å². The van der Waals surface area contributed by atoms with E-state index in [2.05, 4.69) is 4.99 Å². The van der Waals surface area contributed by atoms with Crippen LogP contribution < -0.4 is 0 Å². The van der Waals surface area contributed by atoms with Crippen LogP contribution in [-0.4, -0.2) is 47.2 Å². The van der Waals surface area contributed by atoms with Gasteiger partial charge in [-0.05, 0) is 72.6 Å². The molecule has 0 aromatic heterocycles. The Morgan fingerprint density at radius 1 is 1.13 bits per heavy atom. The van der Waals surface area contributed by atoms with Crippen molar-refractivity contribution in [1.82, 2.24) is 4.90 Å². The summed E-state index contributed by atoms with van der Waals surface area (Å²) in [5, 5.41) is 9.38. The number of hydrogen-bond donors (Lipinski definition) is 1. The van der Waals surface area contributed by atoms with Crippen molar-refractivity contribution in [2.45, 2.75) is 25.7 Å². The maximum atomic E-state index is 13.6. The lowest BCUT2D eigenvalue weighted by molar-refractivity contribution is -0.138. The van der Waals surface area contributed by atoms with Crippen molar-refractivity contribution in [3.05, 3.63) is 71.0 Å². The summed E-state index contributed by atoms with van der Waals surface area (Å²) in [5.41, 5.74) is 3.43. The van der Waals surface area contributed by atoms with Crippen molar-refractivity contribution < 1.29 is 19.1 Å². The highest BCUT2D eigenvalue weighted by atomic mass is 19.1. The first kappa shape index (κ1) is 20.3. The normalized spacial score (nSPS) is 21.0. The zero-order chi connectivity index (χ0) is 21.1. The van der Waals surface area contributed by atoms with Crippen LogP contribution in [0.4, 0.5) is 4.39 Å². The minimum Gasteiger partial charge on any atom is -0.481 e. The third-order valence-electron chi connectivity index (χ3n) is 6.15. The monoisotopic (exact) mass is 408 g/mol. The molecule has 6 heteroatoms. The molecule has 30 heavy (non-hydrogen) atoms. The van der Waals surface area contributed by atoms with Gasteiger partial charge in [-0.2, -0.15) is 0 Å². The number of carboxylic acid groups (broad SMARTS) is 1. The summed E-state index contributed by atoms with van der Waals surface area (Å²) in [5.74, 6) is -1.12. The van der Waals surface area contributed by atoms with E-state index in [-0.39, 0.29) is 30.0 Å². The molecule has 2 aromatic carbocycles. The van der Waals surface area contributed by atoms with Gasteiger partial charge in [0.25, 0.3) is 5.91 Å². The number of aliphatic carboxylic acids is 1. The predicted molar refractivity (Wildman–Crippen MR) is 112 cm³/mol. The highest BCUT2D eigenvalue weighted by Crippen LogP contribution is 2.32. The van der Waals surface area contributed by atoms with Crippen molar-refractivity contribution >= 4 is 17.6 Å². The molecule has 1 saturated heterocycles. The van der Waals surface area contributed by atoms with Crippen molar-refractivity contribution in [3.63, 3.8) is 0 Å². The maximum absolute atomic E-state index is 13.6. The maximum Gasteiger partial charge on any atom is 0.303 e. The van der Waals surface area contributed by atoms with Crippen LogP contribution in [0.1, 0.15) is 40.7 Å². The number of halogens is 1. The van der Waals surface area contributed by atoms with E-state index >= 15 is 0 Å². The number of likely N-dealkylation sites (tertiary alicyclic amines) is 1. The Hall–Kier alpha value is -3.02. The second-order valence-corrected chi connectivity index (χ2v) is 8.11. The first-order valence-electron chi connectivity index (χ1n) is 10.4. The molecule has 0 saturated carbocycles. The lowest BCUT2D eigenvalue weighted by Gasteiger charge is -2.39. The third-order valence-corrected chi connectivity index (χ3v) is 6.15. The van der Waals surface area contributed by atoms with Gasteiger partial charge in [-0.15, -0.1) is 0 Å². The van der Waals surface area contributed by atoms with E-state index < -0.39 is 5.97 Å². The minimum absolute atomic E-state index is 0.00253. The summed E-state index contributed by atoms with van der Waals surface area (Å²) in [6.07, 6.45) is 2.04. The van der Waals surface area contributed by atoms with Gasteiger partial charge >= 0.3 is 5.97 Å². The highest BCUT2D eigenvalue weighted by Gasteiger charge is 2.34. The Labute approximate surface area is 175 Å². The lowest BCUT2D eigenvalue weighted by atomic mass is 9.78. The number of benzene rings is 2. The summed E-state index contributed by atoms with van der Waals surface area (Å²) < 4.78 is 13.6. The first-order valence-corrected chi connectivity index (χ1v) is 10.4. The van der Waals surface area contributed by atoms with Gasteiger partial charge in [-0.25, -0.2) is 4.39 Å². The fraction of sp³-hybridized carbons (Fsp3) is 0.375. The second kappa shape index (κ2) is 8.78. The molecule has 0 bridgehead atoms. The Kier molecular flexibility index (Phi) is 5.93. The molecule has 0 aliphatic carbocycles. The zero-order valence-electron chi connectivity index (χ0n) is 16.8. The van der Waals surface area contributed by atoms with Gasteiger partial charge in [0.15, 0.2) is 0 Å². The van der Waals surface area contributed by atoms with Crippen LogP contribution in [0.5, 0.6) is 0 Å². The quantitative estimate of drug-likeness (QED) is 0.818. The summed E-state index contributed by atoms with van der Waals surface area (Å²) in [6.45, 7) is 1.66. The van der Waals surface area contributed by atoms with Crippen LogP contribution >= 0.6 is 0 Å². The van der Waals surface area contributed by atoms with Crippen LogP contribution in [0.2, 0.25) is 0 Å². The molecule has 2 unspecified atom stereocenters. The molecule has 1 fully saturated rings. The van der Waals surface area contributed by atoms with Gasteiger partial charge in [-0.1, -0.05) is 18.2 Å². The van der Waals surface area contributed by atoms with Crippen molar-refractivity contribution in [2.24, 2.45) is 16.8 Å². The lowest BCUT2D eigenvalue weighted by Crippen LogP contribution is -2.45. The molecule has 4 rings (SSSR count). The van der Waals surface area contributed by atoms with E-state index in [0.717, 1.165) is 16.8 Å². The molecule has 2 heterocycles. The zero-order valence-corrected chi connectivity index (χ0v) is 16.8.